The Labute approximate surface area is 141 Å². The summed E-state index contributed by atoms with van der Waals surface area (Å²) in [4.78, 5) is 27.2. The highest BCUT2D eigenvalue weighted by Gasteiger charge is 2.27. The minimum absolute atomic E-state index is 0.0212. The van der Waals surface area contributed by atoms with Gasteiger partial charge in [-0.25, -0.2) is 0 Å². The first-order chi connectivity index (χ1) is 11.5. The van der Waals surface area contributed by atoms with Crippen molar-refractivity contribution in [1.29, 1.82) is 5.26 Å². The molecule has 1 aliphatic heterocycles. The number of para-hydroxylation sites is 1. The van der Waals surface area contributed by atoms with Crippen LogP contribution < -0.4 is 10.2 Å². The number of carbonyl (C=O) groups is 2. The molecule has 1 heterocycles. The zero-order chi connectivity index (χ0) is 17.5. The molecule has 0 spiro atoms. The standard InChI is InChI=1S/C17H22N4O3/c1-13(17(23)19-15-6-4-3-5-14(15)11-18)20(2)12-16(22)21-7-9-24-10-8-21/h3-6,13H,7-10,12H2,1-2H3,(H,19,23)/p+1/t13-/m1/s1. The van der Waals surface area contributed by atoms with Crippen molar-refractivity contribution in [3.63, 3.8) is 0 Å². The Morgan fingerprint density at radius 1 is 1.38 bits per heavy atom. The number of nitrogens with zero attached hydrogens (tertiary/aromatic N) is 2. The summed E-state index contributed by atoms with van der Waals surface area (Å²) >= 11 is 0. The van der Waals surface area contributed by atoms with E-state index in [1.807, 2.05) is 7.05 Å². The van der Waals surface area contributed by atoms with E-state index < -0.39 is 6.04 Å². The quantitative estimate of drug-likeness (QED) is 0.744. The summed E-state index contributed by atoms with van der Waals surface area (Å²) in [5, 5.41) is 11.8. The fourth-order valence-corrected chi connectivity index (χ4v) is 2.47. The van der Waals surface area contributed by atoms with Gasteiger partial charge in [0.1, 0.15) is 6.07 Å². The highest BCUT2D eigenvalue weighted by Crippen LogP contribution is 2.13. The van der Waals surface area contributed by atoms with E-state index in [-0.39, 0.29) is 18.4 Å². The van der Waals surface area contributed by atoms with Gasteiger partial charge in [-0.2, -0.15) is 5.26 Å². The number of hydrogen-bond donors (Lipinski definition) is 2. The van der Waals surface area contributed by atoms with Crippen LogP contribution in [-0.2, 0) is 14.3 Å². The predicted molar refractivity (Wildman–Crippen MR) is 88.4 cm³/mol. The molecule has 1 aromatic rings. The molecule has 0 aromatic heterocycles. The fourth-order valence-electron chi connectivity index (χ4n) is 2.47. The topological polar surface area (TPSA) is 86.9 Å². The monoisotopic (exact) mass is 331 g/mol. The van der Waals surface area contributed by atoms with Crippen molar-refractivity contribution < 1.29 is 19.2 Å². The Bertz CT molecular complexity index is 635. The van der Waals surface area contributed by atoms with Crippen LogP contribution in [0.1, 0.15) is 12.5 Å². The molecule has 128 valence electrons. The molecule has 2 amide bonds. The van der Waals surface area contributed by atoms with Crippen molar-refractivity contribution in [2.24, 2.45) is 0 Å². The second-order valence-corrected chi connectivity index (χ2v) is 5.88. The fraction of sp³-hybridized carbons (Fsp3) is 0.471. The van der Waals surface area contributed by atoms with Crippen molar-refractivity contribution in [2.45, 2.75) is 13.0 Å². The summed E-state index contributed by atoms with van der Waals surface area (Å²) in [6.07, 6.45) is 0. The van der Waals surface area contributed by atoms with Crippen LogP contribution in [0, 0.1) is 11.3 Å². The molecule has 24 heavy (non-hydrogen) atoms. The predicted octanol–water partition coefficient (Wildman–Crippen LogP) is -0.741. The summed E-state index contributed by atoms with van der Waals surface area (Å²) < 4.78 is 5.24. The molecule has 1 saturated heterocycles. The maximum atomic E-state index is 12.4. The molecule has 2 rings (SSSR count). The molecule has 7 nitrogen and oxygen atoms in total. The Morgan fingerprint density at radius 2 is 2.04 bits per heavy atom. The van der Waals surface area contributed by atoms with Crippen molar-refractivity contribution in [2.75, 3.05) is 45.2 Å². The van der Waals surface area contributed by atoms with Crippen LogP contribution in [-0.4, -0.2) is 62.7 Å². The third-order valence-corrected chi connectivity index (χ3v) is 4.23. The summed E-state index contributed by atoms with van der Waals surface area (Å²) in [5.41, 5.74) is 0.907. The summed E-state index contributed by atoms with van der Waals surface area (Å²) in [7, 11) is 1.82. The van der Waals surface area contributed by atoms with E-state index in [4.69, 9.17) is 10.00 Å². The minimum Gasteiger partial charge on any atom is -0.378 e. The number of anilines is 1. The third-order valence-electron chi connectivity index (χ3n) is 4.23. The lowest BCUT2D eigenvalue weighted by Crippen LogP contribution is -3.15. The number of benzene rings is 1. The molecule has 2 N–H and O–H groups in total. The van der Waals surface area contributed by atoms with E-state index in [2.05, 4.69) is 11.4 Å². The van der Waals surface area contributed by atoms with Gasteiger partial charge in [0.2, 0.25) is 0 Å². The molecule has 1 unspecified atom stereocenters. The van der Waals surface area contributed by atoms with E-state index in [9.17, 15) is 9.59 Å². The SMILES string of the molecule is C[C@H](C(=O)Nc1ccccc1C#N)[NH+](C)CC(=O)N1CCOCC1. The summed E-state index contributed by atoms with van der Waals surface area (Å²) in [6, 6.07) is 8.49. The summed E-state index contributed by atoms with van der Waals surface area (Å²) in [5.74, 6) is -0.196. The Balaban J connectivity index is 1.92. The number of nitriles is 1. The molecular weight excluding hydrogens is 308 g/mol. The maximum absolute atomic E-state index is 12.4. The normalized spacial score (nSPS) is 16.8. The van der Waals surface area contributed by atoms with Gasteiger partial charge >= 0.3 is 0 Å². The molecule has 2 atom stereocenters. The number of quaternary nitrogens is 1. The molecule has 0 bridgehead atoms. The number of amides is 2. The lowest BCUT2D eigenvalue weighted by Gasteiger charge is -2.28. The Hall–Kier alpha value is -2.43. The first-order valence-corrected chi connectivity index (χ1v) is 8.00. The van der Waals surface area contributed by atoms with Gasteiger partial charge in [-0.3, -0.25) is 9.59 Å². The second-order valence-electron chi connectivity index (χ2n) is 5.88. The molecular formula is C17H23N4O3+. The minimum atomic E-state index is -0.415. The van der Waals surface area contributed by atoms with Crippen molar-refractivity contribution in [3.05, 3.63) is 29.8 Å². The van der Waals surface area contributed by atoms with Crippen LogP contribution in [0.2, 0.25) is 0 Å². The van der Waals surface area contributed by atoms with E-state index in [1.165, 1.54) is 0 Å². The molecule has 1 aliphatic rings. The van der Waals surface area contributed by atoms with E-state index in [1.54, 1.807) is 36.1 Å². The zero-order valence-corrected chi connectivity index (χ0v) is 14.0. The van der Waals surface area contributed by atoms with Gasteiger partial charge in [0.25, 0.3) is 11.8 Å². The van der Waals surface area contributed by atoms with E-state index in [0.717, 1.165) is 4.90 Å². The van der Waals surface area contributed by atoms with Crippen LogP contribution in [0.5, 0.6) is 0 Å². The largest absolute Gasteiger partial charge is 0.378 e. The molecule has 1 aromatic carbocycles. The number of nitrogens with one attached hydrogen (secondary N) is 2. The molecule has 0 radical (unpaired) electrons. The van der Waals surface area contributed by atoms with Crippen LogP contribution in [0.4, 0.5) is 5.69 Å². The third kappa shape index (κ3) is 4.54. The van der Waals surface area contributed by atoms with Crippen LogP contribution >= 0.6 is 0 Å². The second kappa shape index (κ2) is 8.43. The van der Waals surface area contributed by atoms with Gasteiger partial charge in [0.15, 0.2) is 12.6 Å². The van der Waals surface area contributed by atoms with Gasteiger partial charge in [-0.15, -0.1) is 0 Å². The number of hydrogen-bond acceptors (Lipinski definition) is 4. The Kier molecular flexibility index (Phi) is 6.29. The van der Waals surface area contributed by atoms with Crippen molar-refractivity contribution in [3.8, 4) is 6.07 Å². The molecule has 0 saturated carbocycles. The van der Waals surface area contributed by atoms with Crippen LogP contribution in [0.15, 0.2) is 24.3 Å². The van der Waals surface area contributed by atoms with Crippen molar-refractivity contribution >= 4 is 17.5 Å². The number of morpholine rings is 1. The van der Waals surface area contributed by atoms with Crippen molar-refractivity contribution in [1.82, 2.24) is 4.90 Å². The number of ether oxygens (including phenoxy) is 1. The van der Waals surface area contributed by atoms with E-state index >= 15 is 0 Å². The number of likely N-dealkylation sites (N-methyl/N-ethyl adjacent to an activating group) is 1. The lowest BCUT2D eigenvalue weighted by atomic mass is 10.2. The number of rotatable bonds is 5. The number of carbonyl (C=O) groups excluding carboxylic acids is 2. The molecule has 1 fully saturated rings. The van der Waals surface area contributed by atoms with Crippen LogP contribution in [0.3, 0.4) is 0 Å². The molecule has 0 aliphatic carbocycles. The first kappa shape index (κ1) is 17.9. The highest BCUT2D eigenvalue weighted by molar-refractivity contribution is 5.94. The van der Waals surface area contributed by atoms with Gasteiger partial charge in [-0.1, -0.05) is 12.1 Å². The summed E-state index contributed by atoms with van der Waals surface area (Å²) in [6.45, 7) is 4.34. The maximum Gasteiger partial charge on any atom is 0.282 e. The molecule has 7 heteroatoms. The van der Waals surface area contributed by atoms with Gasteiger partial charge in [0, 0.05) is 13.1 Å². The van der Waals surface area contributed by atoms with Crippen LogP contribution in [0.25, 0.3) is 0 Å². The van der Waals surface area contributed by atoms with E-state index in [0.29, 0.717) is 37.6 Å². The first-order valence-electron chi connectivity index (χ1n) is 8.00. The smallest absolute Gasteiger partial charge is 0.282 e. The highest BCUT2D eigenvalue weighted by atomic mass is 16.5. The lowest BCUT2D eigenvalue weighted by molar-refractivity contribution is -0.886. The average molecular weight is 331 g/mol. The van der Waals surface area contributed by atoms with Gasteiger partial charge in [0.05, 0.1) is 31.5 Å². The van der Waals surface area contributed by atoms with Gasteiger partial charge < -0.3 is 19.9 Å². The van der Waals surface area contributed by atoms with Gasteiger partial charge in [-0.05, 0) is 19.1 Å². The zero-order valence-electron chi connectivity index (χ0n) is 14.0. The average Bonchev–Trinajstić information content (AvgIpc) is 2.62. The Morgan fingerprint density at radius 3 is 2.71 bits per heavy atom.